The van der Waals surface area contributed by atoms with E-state index in [9.17, 15) is 19.7 Å². The Hall–Kier alpha value is -2.97. The summed E-state index contributed by atoms with van der Waals surface area (Å²) in [7, 11) is 1.70. The van der Waals surface area contributed by atoms with Gasteiger partial charge >= 0.3 is 0 Å². The van der Waals surface area contributed by atoms with Crippen molar-refractivity contribution < 1.29 is 14.5 Å². The highest BCUT2D eigenvalue weighted by Gasteiger charge is 2.29. The first-order valence-corrected chi connectivity index (χ1v) is 9.52. The third kappa shape index (κ3) is 5.52. The fourth-order valence-corrected chi connectivity index (χ4v) is 3.20. The zero-order valence-corrected chi connectivity index (χ0v) is 16.6. The second-order valence-electron chi connectivity index (χ2n) is 6.98. The molecule has 0 radical (unpaired) electrons. The summed E-state index contributed by atoms with van der Waals surface area (Å²) in [5.41, 5.74) is 0.810. The van der Waals surface area contributed by atoms with Gasteiger partial charge in [0, 0.05) is 18.2 Å². The molecule has 0 spiro atoms. The predicted octanol–water partition coefficient (Wildman–Crippen LogP) is 3.14. The summed E-state index contributed by atoms with van der Waals surface area (Å²) in [6.45, 7) is 0.0531. The second kappa shape index (κ2) is 9.02. The van der Waals surface area contributed by atoms with Gasteiger partial charge in [-0.3, -0.25) is 24.6 Å². The lowest BCUT2D eigenvalue weighted by molar-refractivity contribution is -0.384. The van der Waals surface area contributed by atoms with Crippen LogP contribution in [0.5, 0.6) is 0 Å². The number of anilines is 1. The van der Waals surface area contributed by atoms with E-state index in [1.807, 2.05) is 18.2 Å². The summed E-state index contributed by atoms with van der Waals surface area (Å²) in [6, 6.07) is 12.4. The third-order valence-electron chi connectivity index (χ3n) is 4.56. The molecule has 0 heterocycles. The van der Waals surface area contributed by atoms with Gasteiger partial charge in [-0.15, -0.1) is 0 Å². The van der Waals surface area contributed by atoms with E-state index in [1.165, 1.54) is 18.2 Å². The lowest BCUT2D eigenvalue weighted by atomic mass is 10.0. The lowest BCUT2D eigenvalue weighted by Crippen LogP contribution is -2.41. The van der Waals surface area contributed by atoms with Crippen molar-refractivity contribution in [3.05, 3.63) is 69.2 Å². The number of amides is 2. The zero-order valence-electron chi connectivity index (χ0n) is 15.8. The number of carbonyl (C=O) groups is 2. The van der Waals surface area contributed by atoms with Crippen LogP contribution >= 0.6 is 11.6 Å². The van der Waals surface area contributed by atoms with E-state index in [1.54, 1.807) is 24.1 Å². The highest BCUT2D eigenvalue weighted by Crippen LogP contribution is 2.29. The summed E-state index contributed by atoms with van der Waals surface area (Å²) in [4.78, 5) is 37.2. The minimum Gasteiger partial charge on any atom is -0.352 e. The molecule has 3 rings (SSSR count). The summed E-state index contributed by atoms with van der Waals surface area (Å²) >= 11 is 6.10. The Kier molecular flexibility index (Phi) is 6.46. The Labute approximate surface area is 173 Å². The van der Waals surface area contributed by atoms with Crippen LogP contribution in [-0.4, -0.2) is 41.3 Å². The van der Waals surface area contributed by atoms with E-state index in [2.05, 4.69) is 10.6 Å². The molecule has 1 aliphatic rings. The molecule has 2 N–H and O–H groups in total. The van der Waals surface area contributed by atoms with Crippen molar-refractivity contribution in [2.75, 3.05) is 18.9 Å². The fourth-order valence-electron chi connectivity index (χ4n) is 2.98. The number of nitro benzene ring substituents is 1. The average Bonchev–Trinajstić information content (AvgIpc) is 3.48. The monoisotopic (exact) mass is 416 g/mol. The van der Waals surface area contributed by atoms with E-state index in [-0.39, 0.29) is 34.9 Å². The molecule has 0 saturated heterocycles. The van der Waals surface area contributed by atoms with Gasteiger partial charge in [0.1, 0.15) is 6.04 Å². The Morgan fingerprint density at radius 3 is 2.52 bits per heavy atom. The summed E-state index contributed by atoms with van der Waals surface area (Å²) < 4.78 is 0. The van der Waals surface area contributed by atoms with Gasteiger partial charge in [-0.25, -0.2) is 0 Å². The first-order valence-electron chi connectivity index (χ1n) is 9.14. The molecule has 0 unspecified atom stereocenters. The average molecular weight is 417 g/mol. The van der Waals surface area contributed by atoms with Crippen LogP contribution in [0.25, 0.3) is 0 Å². The van der Waals surface area contributed by atoms with Crippen LogP contribution in [-0.2, 0) is 9.59 Å². The molecular formula is C20H21ClN4O4. The molecule has 1 atom stereocenters. The van der Waals surface area contributed by atoms with E-state index in [4.69, 9.17) is 11.6 Å². The van der Waals surface area contributed by atoms with Crippen LogP contribution in [0.1, 0.15) is 24.4 Å². The van der Waals surface area contributed by atoms with Crippen molar-refractivity contribution >= 4 is 34.8 Å². The number of rotatable bonds is 8. The number of halogens is 1. The van der Waals surface area contributed by atoms with E-state index < -0.39 is 16.9 Å². The summed E-state index contributed by atoms with van der Waals surface area (Å²) in [6.07, 6.45) is 1.97. The van der Waals surface area contributed by atoms with Crippen LogP contribution in [0, 0.1) is 10.1 Å². The number of nitrogens with one attached hydrogen (secondary N) is 2. The minimum atomic E-state index is -0.743. The Morgan fingerprint density at radius 2 is 1.93 bits per heavy atom. The van der Waals surface area contributed by atoms with Gasteiger partial charge in [0.2, 0.25) is 11.8 Å². The van der Waals surface area contributed by atoms with Crippen LogP contribution in [0.4, 0.5) is 11.4 Å². The van der Waals surface area contributed by atoms with Crippen molar-refractivity contribution in [3.63, 3.8) is 0 Å². The van der Waals surface area contributed by atoms with Gasteiger partial charge < -0.3 is 10.6 Å². The van der Waals surface area contributed by atoms with Crippen molar-refractivity contribution in [2.45, 2.75) is 24.9 Å². The van der Waals surface area contributed by atoms with Crippen molar-refractivity contribution in [3.8, 4) is 0 Å². The van der Waals surface area contributed by atoms with Crippen molar-refractivity contribution in [1.29, 1.82) is 0 Å². The topological polar surface area (TPSA) is 105 Å². The SMILES string of the molecule is CN(CC(=O)NC1CC1)[C@H](C(=O)Nc1ccc([N+](=O)[O-])cc1Cl)c1ccccc1. The number of non-ortho nitro benzene ring substituents is 1. The molecular weight excluding hydrogens is 396 g/mol. The zero-order chi connectivity index (χ0) is 21.0. The first kappa shape index (κ1) is 20.8. The molecule has 1 fully saturated rings. The normalized spacial score (nSPS) is 14.3. The van der Waals surface area contributed by atoms with Gasteiger partial charge in [0.05, 0.1) is 22.2 Å². The first-order chi connectivity index (χ1) is 13.8. The van der Waals surface area contributed by atoms with E-state index >= 15 is 0 Å². The molecule has 0 aliphatic heterocycles. The third-order valence-corrected chi connectivity index (χ3v) is 4.87. The predicted molar refractivity (Wildman–Crippen MR) is 110 cm³/mol. The van der Waals surface area contributed by atoms with Gasteiger partial charge in [-0.2, -0.15) is 0 Å². The largest absolute Gasteiger partial charge is 0.352 e. The van der Waals surface area contributed by atoms with Crippen LogP contribution in [0.3, 0.4) is 0 Å². The van der Waals surface area contributed by atoms with Gasteiger partial charge in [-0.1, -0.05) is 41.9 Å². The van der Waals surface area contributed by atoms with Crippen molar-refractivity contribution in [2.24, 2.45) is 0 Å². The molecule has 0 bridgehead atoms. The minimum absolute atomic E-state index is 0.0531. The molecule has 8 nitrogen and oxygen atoms in total. The molecule has 1 saturated carbocycles. The van der Waals surface area contributed by atoms with Gasteiger partial charge in [-0.05, 0) is 31.5 Å². The Balaban J connectivity index is 1.78. The maximum Gasteiger partial charge on any atom is 0.271 e. The standard InChI is InChI=1S/C20H21ClN4O4/c1-24(12-18(26)22-14-7-8-14)19(13-5-3-2-4-6-13)20(27)23-17-10-9-15(25(28)29)11-16(17)21/h2-6,9-11,14,19H,7-8,12H2,1H3,(H,22,26)(H,23,27)/t19-/m0/s1. The number of nitro groups is 1. The highest BCUT2D eigenvalue weighted by molar-refractivity contribution is 6.34. The highest BCUT2D eigenvalue weighted by atomic mass is 35.5. The molecule has 152 valence electrons. The van der Waals surface area contributed by atoms with Crippen molar-refractivity contribution in [1.82, 2.24) is 10.2 Å². The van der Waals surface area contributed by atoms with E-state index in [0.717, 1.165) is 12.8 Å². The molecule has 2 aromatic rings. The molecule has 9 heteroatoms. The number of hydrogen-bond donors (Lipinski definition) is 2. The molecule has 29 heavy (non-hydrogen) atoms. The number of benzene rings is 2. The number of likely N-dealkylation sites (N-methyl/N-ethyl adjacent to an activating group) is 1. The maximum atomic E-state index is 13.1. The second-order valence-corrected chi connectivity index (χ2v) is 7.39. The number of hydrogen-bond acceptors (Lipinski definition) is 5. The molecule has 2 amide bonds. The molecule has 0 aromatic heterocycles. The smallest absolute Gasteiger partial charge is 0.271 e. The van der Waals surface area contributed by atoms with Crippen LogP contribution < -0.4 is 10.6 Å². The van der Waals surface area contributed by atoms with E-state index in [0.29, 0.717) is 5.56 Å². The van der Waals surface area contributed by atoms with Crippen LogP contribution in [0.2, 0.25) is 5.02 Å². The Bertz CT molecular complexity index is 918. The fraction of sp³-hybridized carbons (Fsp3) is 0.300. The lowest BCUT2D eigenvalue weighted by Gasteiger charge is -2.27. The summed E-state index contributed by atoms with van der Waals surface area (Å²) in [5.74, 6) is -0.536. The van der Waals surface area contributed by atoms with Crippen LogP contribution in [0.15, 0.2) is 48.5 Å². The quantitative estimate of drug-likeness (QED) is 0.508. The molecule has 1 aliphatic carbocycles. The molecule has 2 aromatic carbocycles. The Morgan fingerprint density at radius 1 is 1.24 bits per heavy atom. The summed E-state index contributed by atoms with van der Waals surface area (Å²) in [5, 5.41) is 16.6. The van der Waals surface area contributed by atoms with Gasteiger partial charge in [0.15, 0.2) is 0 Å². The number of carbonyl (C=O) groups excluding carboxylic acids is 2. The number of nitrogens with zero attached hydrogens (tertiary/aromatic N) is 2. The maximum absolute atomic E-state index is 13.1. The van der Waals surface area contributed by atoms with Gasteiger partial charge in [0.25, 0.3) is 5.69 Å².